The highest BCUT2D eigenvalue weighted by atomic mass is 32.1. The van der Waals surface area contributed by atoms with Gasteiger partial charge in [-0.3, -0.25) is 9.59 Å². The number of thiophene rings is 1. The number of benzene rings is 1. The van der Waals surface area contributed by atoms with Crippen LogP contribution in [0.2, 0.25) is 0 Å². The van der Waals surface area contributed by atoms with Crippen molar-refractivity contribution < 1.29 is 14.4 Å². The van der Waals surface area contributed by atoms with E-state index >= 15 is 0 Å². The van der Waals surface area contributed by atoms with E-state index in [0.29, 0.717) is 18.7 Å². The van der Waals surface area contributed by atoms with Crippen LogP contribution in [0.15, 0.2) is 46.9 Å². The van der Waals surface area contributed by atoms with E-state index in [1.807, 2.05) is 35.7 Å². The zero-order valence-corrected chi connectivity index (χ0v) is 13.8. The smallest absolute Gasteiger partial charge is 0.265 e. The van der Waals surface area contributed by atoms with E-state index in [1.54, 1.807) is 17.2 Å². The molecule has 1 aliphatic rings. The van der Waals surface area contributed by atoms with Gasteiger partial charge in [0.25, 0.3) is 5.91 Å². The fourth-order valence-electron chi connectivity index (χ4n) is 2.45. The molecule has 0 radical (unpaired) electrons. The molecule has 1 fully saturated rings. The number of nitrogens with zero attached hydrogens (tertiary/aromatic N) is 2. The Balaban J connectivity index is 1.57. The number of carbonyl (C=O) groups is 2. The molecule has 2 aromatic rings. The van der Waals surface area contributed by atoms with Crippen molar-refractivity contribution in [3.8, 4) is 0 Å². The predicted octanol–water partition coefficient (Wildman–Crippen LogP) is 2.86. The zero-order chi connectivity index (χ0) is 16.8. The second-order valence-corrected chi connectivity index (χ2v) is 6.22. The van der Waals surface area contributed by atoms with Crippen LogP contribution in [0.25, 0.3) is 0 Å². The van der Waals surface area contributed by atoms with Gasteiger partial charge >= 0.3 is 0 Å². The molecule has 0 unspecified atom stereocenters. The summed E-state index contributed by atoms with van der Waals surface area (Å²) in [7, 11) is 0. The second kappa shape index (κ2) is 7.74. The number of amides is 2. The molecule has 7 heteroatoms. The van der Waals surface area contributed by atoms with Crippen LogP contribution in [0.1, 0.15) is 17.7 Å². The molecule has 1 aliphatic heterocycles. The van der Waals surface area contributed by atoms with Gasteiger partial charge in [-0.25, -0.2) is 0 Å². The van der Waals surface area contributed by atoms with Gasteiger partial charge in [-0.2, -0.15) is 0 Å². The number of nitrogens with one attached hydrogen (secondary N) is 1. The summed E-state index contributed by atoms with van der Waals surface area (Å²) < 4.78 is 0. The average molecular weight is 343 g/mol. The molecule has 0 aliphatic carbocycles. The van der Waals surface area contributed by atoms with Gasteiger partial charge in [-0.1, -0.05) is 23.4 Å². The molecule has 2 amide bonds. The van der Waals surface area contributed by atoms with E-state index in [0.717, 1.165) is 17.0 Å². The molecule has 0 spiro atoms. The molecule has 1 N–H and O–H groups in total. The summed E-state index contributed by atoms with van der Waals surface area (Å²) in [6.45, 7) is 0.484. The minimum atomic E-state index is -0.322. The van der Waals surface area contributed by atoms with Gasteiger partial charge in [-0.15, -0.1) is 11.3 Å². The molecule has 6 nitrogen and oxygen atoms in total. The number of hydrogen-bond donors (Lipinski definition) is 1. The van der Waals surface area contributed by atoms with Crippen LogP contribution in [0.5, 0.6) is 0 Å². The molecular weight excluding hydrogens is 326 g/mol. The molecule has 0 bridgehead atoms. The number of rotatable bonds is 6. The van der Waals surface area contributed by atoms with Crippen LogP contribution in [-0.4, -0.2) is 31.2 Å². The summed E-state index contributed by atoms with van der Waals surface area (Å²) in [5.74, 6) is -0.245. The monoisotopic (exact) mass is 343 g/mol. The molecule has 3 rings (SSSR count). The predicted molar refractivity (Wildman–Crippen MR) is 94.5 cm³/mol. The van der Waals surface area contributed by atoms with E-state index < -0.39 is 0 Å². The normalized spacial score (nSPS) is 14.3. The van der Waals surface area contributed by atoms with E-state index in [2.05, 4.69) is 10.5 Å². The number of carbonyl (C=O) groups excluding carboxylic acids is 2. The molecule has 0 atom stereocenters. The molecule has 2 heterocycles. The first-order chi connectivity index (χ1) is 11.7. The van der Waals surface area contributed by atoms with Crippen molar-refractivity contribution >= 4 is 40.7 Å². The maximum absolute atomic E-state index is 12.0. The van der Waals surface area contributed by atoms with Crippen molar-refractivity contribution in [2.45, 2.75) is 12.8 Å². The second-order valence-electron chi connectivity index (χ2n) is 5.24. The zero-order valence-electron chi connectivity index (χ0n) is 13.0. The van der Waals surface area contributed by atoms with E-state index in [4.69, 9.17) is 4.84 Å². The lowest BCUT2D eigenvalue weighted by Gasteiger charge is -2.19. The highest BCUT2D eigenvalue weighted by molar-refractivity contribution is 7.11. The Morgan fingerprint density at radius 2 is 2.21 bits per heavy atom. The standard InChI is InChI=1S/C17H17N3O3S/c21-16(12-23-18-11-13-5-4-10-24-13)19-14-6-1-2-7-15(14)20-9-3-8-17(20)22/h1-2,4-7,10-11H,3,8-9,12H2,(H,19,21)/b18-11+. The molecule has 1 aromatic heterocycles. The third-order valence-electron chi connectivity index (χ3n) is 3.54. The Hall–Kier alpha value is -2.67. The van der Waals surface area contributed by atoms with E-state index in [1.165, 1.54) is 11.3 Å². The number of anilines is 2. The van der Waals surface area contributed by atoms with Crippen LogP contribution in [0, 0.1) is 0 Å². The Bertz CT molecular complexity index is 743. The van der Waals surface area contributed by atoms with Crippen molar-refractivity contribution in [2.75, 3.05) is 23.4 Å². The summed E-state index contributed by atoms with van der Waals surface area (Å²) in [6, 6.07) is 11.1. The average Bonchev–Trinajstić information content (AvgIpc) is 3.24. The van der Waals surface area contributed by atoms with E-state index in [-0.39, 0.29) is 18.4 Å². The molecule has 24 heavy (non-hydrogen) atoms. The van der Waals surface area contributed by atoms with Crippen molar-refractivity contribution in [2.24, 2.45) is 5.16 Å². The van der Waals surface area contributed by atoms with Gasteiger partial charge in [0.1, 0.15) is 0 Å². The maximum atomic E-state index is 12.0. The molecule has 1 saturated heterocycles. The Kier molecular flexibility index (Phi) is 5.22. The summed E-state index contributed by atoms with van der Waals surface area (Å²) in [5, 5.41) is 8.48. The first-order valence-electron chi connectivity index (χ1n) is 7.62. The molecular formula is C17H17N3O3S. The lowest BCUT2D eigenvalue weighted by Crippen LogP contribution is -2.26. The number of para-hydroxylation sites is 2. The number of hydrogen-bond acceptors (Lipinski definition) is 5. The summed E-state index contributed by atoms with van der Waals surface area (Å²) in [6.07, 6.45) is 2.94. The highest BCUT2D eigenvalue weighted by Gasteiger charge is 2.24. The lowest BCUT2D eigenvalue weighted by molar-refractivity contribution is -0.120. The summed E-state index contributed by atoms with van der Waals surface area (Å²) in [5.41, 5.74) is 1.32. The Morgan fingerprint density at radius 1 is 1.33 bits per heavy atom. The molecule has 1 aromatic carbocycles. The minimum Gasteiger partial charge on any atom is -0.386 e. The summed E-state index contributed by atoms with van der Waals surface area (Å²) in [4.78, 5) is 31.6. The quantitative estimate of drug-likeness (QED) is 0.647. The van der Waals surface area contributed by atoms with Crippen LogP contribution in [0.3, 0.4) is 0 Å². The third kappa shape index (κ3) is 3.99. The van der Waals surface area contributed by atoms with Gasteiger partial charge in [-0.05, 0) is 30.0 Å². The van der Waals surface area contributed by atoms with Gasteiger partial charge in [0, 0.05) is 17.8 Å². The maximum Gasteiger partial charge on any atom is 0.265 e. The first kappa shape index (κ1) is 16.2. The minimum absolute atomic E-state index is 0.0773. The topological polar surface area (TPSA) is 71.0 Å². The van der Waals surface area contributed by atoms with Gasteiger partial charge in [0.15, 0.2) is 6.61 Å². The number of oxime groups is 1. The molecule has 0 saturated carbocycles. The van der Waals surface area contributed by atoms with Crippen molar-refractivity contribution in [3.05, 3.63) is 46.7 Å². The van der Waals surface area contributed by atoms with Crippen molar-refractivity contribution in [3.63, 3.8) is 0 Å². The van der Waals surface area contributed by atoms with Gasteiger partial charge < -0.3 is 15.1 Å². The van der Waals surface area contributed by atoms with Crippen LogP contribution in [-0.2, 0) is 14.4 Å². The van der Waals surface area contributed by atoms with Crippen LogP contribution in [0.4, 0.5) is 11.4 Å². The summed E-state index contributed by atoms with van der Waals surface area (Å²) >= 11 is 1.53. The first-order valence-corrected chi connectivity index (χ1v) is 8.50. The largest absolute Gasteiger partial charge is 0.386 e. The molecule has 124 valence electrons. The Morgan fingerprint density at radius 3 is 2.96 bits per heavy atom. The van der Waals surface area contributed by atoms with Gasteiger partial charge in [0.2, 0.25) is 5.91 Å². The third-order valence-corrected chi connectivity index (χ3v) is 4.34. The van der Waals surface area contributed by atoms with E-state index in [9.17, 15) is 9.59 Å². The fourth-order valence-corrected chi connectivity index (χ4v) is 3.03. The SMILES string of the molecule is O=C(CO/N=C/c1cccs1)Nc1ccccc1N1CCCC1=O. The lowest BCUT2D eigenvalue weighted by atomic mass is 10.2. The van der Waals surface area contributed by atoms with Crippen LogP contribution >= 0.6 is 11.3 Å². The highest BCUT2D eigenvalue weighted by Crippen LogP contribution is 2.29. The van der Waals surface area contributed by atoms with Crippen molar-refractivity contribution in [1.82, 2.24) is 0 Å². The van der Waals surface area contributed by atoms with Crippen LogP contribution < -0.4 is 10.2 Å². The Labute approximate surface area is 143 Å². The fraction of sp³-hybridized carbons (Fsp3) is 0.235. The van der Waals surface area contributed by atoms with Crippen molar-refractivity contribution in [1.29, 1.82) is 0 Å². The van der Waals surface area contributed by atoms with Gasteiger partial charge in [0.05, 0.1) is 17.6 Å².